The number of benzene rings is 1. The fourth-order valence-electron chi connectivity index (χ4n) is 4.65. The summed E-state index contributed by atoms with van der Waals surface area (Å²) in [6, 6.07) is 8.56. The van der Waals surface area contributed by atoms with Gasteiger partial charge >= 0.3 is 0 Å². The molecule has 0 aromatic heterocycles. The van der Waals surface area contributed by atoms with Gasteiger partial charge in [0.2, 0.25) is 11.8 Å². The van der Waals surface area contributed by atoms with Crippen LogP contribution in [0.15, 0.2) is 24.3 Å². The second-order valence-corrected chi connectivity index (χ2v) is 10.1. The molecule has 2 amide bonds. The highest BCUT2D eigenvalue weighted by molar-refractivity contribution is 5.79. The number of ether oxygens (including phenoxy) is 1. The Hall–Kier alpha value is -2.12. The van der Waals surface area contributed by atoms with Crippen molar-refractivity contribution in [3.05, 3.63) is 29.8 Å². The predicted molar refractivity (Wildman–Crippen MR) is 127 cm³/mol. The molecule has 1 aromatic carbocycles. The van der Waals surface area contributed by atoms with Crippen molar-refractivity contribution in [3.8, 4) is 5.75 Å². The first kappa shape index (κ1) is 24.5. The van der Waals surface area contributed by atoms with Crippen molar-refractivity contribution >= 4 is 11.8 Å². The Kier molecular flexibility index (Phi) is 8.54. The zero-order chi connectivity index (χ0) is 23.1. The summed E-state index contributed by atoms with van der Waals surface area (Å²) >= 11 is 0. The molecule has 0 radical (unpaired) electrons. The fraction of sp³-hybridized carbons (Fsp3) is 0.680. The summed E-state index contributed by atoms with van der Waals surface area (Å²) in [7, 11) is 1.68. The number of likely N-dealkylation sites (tertiary alicyclic amines) is 1. The molecule has 2 heterocycles. The van der Waals surface area contributed by atoms with Crippen LogP contribution in [-0.4, -0.2) is 85.0 Å². The summed E-state index contributed by atoms with van der Waals surface area (Å²) in [5, 5.41) is 3.01. The number of nitrogens with one attached hydrogen (secondary N) is 1. The quantitative estimate of drug-likeness (QED) is 0.731. The van der Waals surface area contributed by atoms with Crippen molar-refractivity contribution in [2.75, 3.05) is 52.9 Å². The van der Waals surface area contributed by atoms with Crippen molar-refractivity contribution < 1.29 is 14.3 Å². The molecule has 1 aromatic rings. The monoisotopic (exact) mass is 444 g/mol. The van der Waals surface area contributed by atoms with Crippen LogP contribution in [0.4, 0.5) is 0 Å². The summed E-state index contributed by atoms with van der Waals surface area (Å²) in [6.45, 7) is 10.6. The van der Waals surface area contributed by atoms with E-state index in [1.165, 1.54) is 18.4 Å². The first-order valence-electron chi connectivity index (χ1n) is 11.9. The van der Waals surface area contributed by atoms with Gasteiger partial charge in [-0.3, -0.25) is 19.4 Å². The minimum atomic E-state index is -0.220. The van der Waals surface area contributed by atoms with Gasteiger partial charge < -0.3 is 15.0 Å². The first-order valence-corrected chi connectivity index (χ1v) is 11.9. The molecular weight excluding hydrogens is 404 g/mol. The average molecular weight is 445 g/mol. The lowest BCUT2D eigenvalue weighted by Gasteiger charge is -2.37. The van der Waals surface area contributed by atoms with Crippen LogP contribution >= 0.6 is 0 Å². The minimum Gasteiger partial charge on any atom is -0.497 e. The van der Waals surface area contributed by atoms with Crippen LogP contribution in [-0.2, 0) is 9.59 Å². The molecule has 7 nitrogen and oxygen atoms in total. The molecule has 2 aliphatic rings. The lowest BCUT2D eigenvalue weighted by molar-refractivity contribution is -0.135. The molecule has 1 atom stereocenters. The van der Waals surface area contributed by atoms with E-state index in [1.54, 1.807) is 7.11 Å². The van der Waals surface area contributed by atoms with Gasteiger partial charge in [-0.2, -0.15) is 0 Å². The van der Waals surface area contributed by atoms with Crippen LogP contribution < -0.4 is 10.1 Å². The summed E-state index contributed by atoms with van der Waals surface area (Å²) < 4.78 is 5.30. The van der Waals surface area contributed by atoms with Crippen molar-refractivity contribution in [2.24, 2.45) is 0 Å². The number of hydrogen-bond donors (Lipinski definition) is 1. The third-order valence-electron chi connectivity index (χ3n) is 6.31. The van der Waals surface area contributed by atoms with Crippen LogP contribution in [0.25, 0.3) is 0 Å². The van der Waals surface area contributed by atoms with E-state index in [9.17, 15) is 9.59 Å². The van der Waals surface area contributed by atoms with Crippen molar-refractivity contribution in [1.29, 1.82) is 0 Å². The van der Waals surface area contributed by atoms with Gasteiger partial charge in [-0.05, 0) is 57.9 Å². The summed E-state index contributed by atoms with van der Waals surface area (Å²) in [5.74, 6) is 1.10. The molecule has 0 aliphatic carbocycles. The van der Waals surface area contributed by atoms with Crippen LogP contribution in [0.1, 0.15) is 58.1 Å². The zero-order valence-corrected chi connectivity index (χ0v) is 20.2. The van der Waals surface area contributed by atoms with E-state index < -0.39 is 0 Å². The number of methoxy groups -OCH3 is 1. The summed E-state index contributed by atoms with van der Waals surface area (Å²) in [4.78, 5) is 31.8. The molecule has 2 saturated heterocycles. The first-order chi connectivity index (χ1) is 15.2. The second kappa shape index (κ2) is 11.1. The zero-order valence-electron chi connectivity index (χ0n) is 20.2. The molecule has 0 unspecified atom stereocenters. The highest BCUT2D eigenvalue weighted by Gasteiger charge is 2.28. The maximum Gasteiger partial charge on any atom is 0.236 e. The fourth-order valence-corrected chi connectivity index (χ4v) is 4.65. The van der Waals surface area contributed by atoms with E-state index in [4.69, 9.17) is 4.74 Å². The van der Waals surface area contributed by atoms with Crippen molar-refractivity contribution in [3.63, 3.8) is 0 Å². The Morgan fingerprint density at radius 3 is 2.28 bits per heavy atom. The largest absolute Gasteiger partial charge is 0.497 e. The van der Waals surface area contributed by atoms with Crippen molar-refractivity contribution in [1.82, 2.24) is 20.0 Å². The van der Waals surface area contributed by atoms with E-state index in [0.717, 1.165) is 38.2 Å². The molecule has 0 spiro atoms. The predicted octanol–water partition coefficient (Wildman–Crippen LogP) is 2.67. The molecule has 3 rings (SSSR count). The Morgan fingerprint density at radius 2 is 1.66 bits per heavy atom. The van der Waals surface area contributed by atoms with Crippen LogP contribution in [0.5, 0.6) is 5.75 Å². The molecule has 0 bridgehead atoms. The Morgan fingerprint density at radius 1 is 0.969 bits per heavy atom. The molecule has 7 heteroatoms. The smallest absolute Gasteiger partial charge is 0.236 e. The molecule has 2 fully saturated rings. The van der Waals surface area contributed by atoms with E-state index in [1.807, 2.05) is 37.8 Å². The van der Waals surface area contributed by atoms with Crippen LogP contribution in [0.3, 0.4) is 0 Å². The number of carbonyl (C=O) groups excluding carboxylic acids is 2. The highest BCUT2D eigenvalue weighted by atomic mass is 16.5. The third kappa shape index (κ3) is 7.20. The maximum absolute atomic E-state index is 13.1. The Labute approximate surface area is 193 Å². The number of amides is 2. The van der Waals surface area contributed by atoms with Crippen molar-refractivity contribution in [2.45, 2.75) is 58.0 Å². The SMILES string of the molecule is COc1ccc([C@H]2CCCCCN2CC(=O)N2CCN(CC(=O)NC(C)(C)C)CC2)cc1. The van der Waals surface area contributed by atoms with E-state index >= 15 is 0 Å². The second-order valence-electron chi connectivity index (χ2n) is 10.1. The van der Waals surface area contributed by atoms with E-state index in [0.29, 0.717) is 26.2 Å². The summed E-state index contributed by atoms with van der Waals surface area (Å²) in [6.07, 6.45) is 4.62. The number of piperazine rings is 1. The van der Waals surface area contributed by atoms with Crippen LogP contribution in [0, 0.1) is 0 Å². The topological polar surface area (TPSA) is 65.1 Å². The van der Waals surface area contributed by atoms with Gasteiger partial charge in [0.05, 0.1) is 20.2 Å². The van der Waals surface area contributed by atoms with Gasteiger partial charge in [0.15, 0.2) is 0 Å². The molecule has 32 heavy (non-hydrogen) atoms. The average Bonchev–Trinajstić information content (AvgIpc) is 2.98. The molecular formula is C25H40N4O3. The minimum absolute atomic E-state index is 0.0455. The lowest BCUT2D eigenvalue weighted by Crippen LogP contribution is -2.54. The van der Waals surface area contributed by atoms with Gasteiger partial charge in [0.25, 0.3) is 0 Å². The molecule has 178 valence electrons. The highest BCUT2D eigenvalue weighted by Crippen LogP contribution is 2.31. The number of nitrogens with zero attached hydrogens (tertiary/aromatic N) is 3. The lowest BCUT2D eigenvalue weighted by atomic mass is 10.0. The van der Waals surface area contributed by atoms with Gasteiger partial charge in [-0.1, -0.05) is 25.0 Å². The Bertz CT molecular complexity index is 751. The Balaban J connectivity index is 1.53. The maximum atomic E-state index is 13.1. The van der Waals surface area contributed by atoms with Gasteiger partial charge in [0.1, 0.15) is 5.75 Å². The summed E-state index contributed by atoms with van der Waals surface area (Å²) in [5.41, 5.74) is 1.04. The van der Waals surface area contributed by atoms with Gasteiger partial charge in [-0.15, -0.1) is 0 Å². The molecule has 0 saturated carbocycles. The van der Waals surface area contributed by atoms with Crippen LogP contribution in [0.2, 0.25) is 0 Å². The number of carbonyl (C=O) groups is 2. The molecule has 1 N–H and O–H groups in total. The normalized spacial score (nSPS) is 21.1. The van der Waals surface area contributed by atoms with Gasteiger partial charge in [-0.25, -0.2) is 0 Å². The molecule has 2 aliphatic heterocycles. The van der Waals surface area contributed by atoms with Gasteiger partial charge in [0, 0.05) is 37.8 Å². The van der Waals surface area contributed by atoms with E-state index in [2.05, 4.69) is 27.2 Å². The van der Waals surface area contributed by atoms with E-state index in [-0.39, 0.29) is 23.4 Å². The number of hydrogen-bond acceptors (Lipinski definition) is 5. The standard InChI is InChI=1S/C25H40N4O3/c1-25(2,3)26-23(30)18-27-14-16-28(17-15-27)24(31)19-29-13-7-5-6-8-22(29)20-9-11-21(32-4)12-10-20/h9-12,22H,5-8,13-19H2,1-4H3,(H,26,30)/t22-/m1/s1. The number of rotatable bonds is 6. The third-order valence-corrected chi connectivity index (χ3v) is 6.31.